The topological polar surface area (TPSA) is 98.2 Å². The van der Waals surface area contributed by atoms with Gasteiger partial charge >= 0.3 is 5.97 Å². The number of carbonyl (C=O) groups excluding carboxylic acids is 1. The Morgan fingerprint density at radius 3 is 2.25 bits per heavy atom. The van der Waals surface area contributed by atoms with Crippen LogP contribution in [0.2, 0.25) is 0 Å². The maximum atomic E-state index is 16.1. The van der Waals surface area contributed by atoms with E-state index in [1.54, 1.807) is 12.1 Å². The number of halogens is 1. The van der Waals surface area contributed by atoms with Gasteiger partial charge in [-0.3, -0.25) is 0 Å². The average Bonchev–Trinajstić information content (AvgIpc) is 3.48. The number of hydrogen-bond acceptors (Lipinski definition) is 7. The summed E-state index contributed by atoms with van der Waals surface area (Å²) in [5.41, 5.74) is 4.19. The van der Waals surface area contributed by atoms with Crippen LogP contribution in [0.15, 0.2) is 97.5 Å². The Kier molecular flexibility index (Phi) is 7.23. The Bertz CT molecular complexity index is 1880. The first-order valence-corrected chi connectivity index (χ1v) is 14.4. The molecule has 0 unspecified atom stereocenters. The highest BCUT2D eigenvalue weighted by molar-refractivity contribution is 6.08. The molecule has 9 nitrogen and oxygen atoms in total. The molecule has 44 heavy (non-hydrogen) atoms. The number of methoxy groups -OCH3 is 1. The van der Waals surface area contributed by atoms with Crippen LogP contribution in [0.1, 0.15) is 34.3 Å². The van der Waals surface area contributed by atoms with Crippen molar-refractivity contribution in [3.05, 3.63) is 120 Å². The molecule has 0 spiro atoms. The van der Waals surface area contributed by atoms with Gasteiger partial charge in [0.05, 0.1) is 53.6 Å². The third-order valence-corrected chi connectivity index (χ3v) is 7.56. The van der Waals surface area contributed by atoms with E-state index in [2.05, 4.69) is 44.3 Å². The van der Waals surface area contributed by atoms with E-state index in [1.165, 1.54) is 36.6 Å². The van der Waals surface area contributed by atoms with E-state index in [9.17, 15) is 4.79 Å². The molecule has 1 aliphatic rings. The molecule has 0 aliphatic heterocycles. The lowest BCUT2D eigenvalue weighted by Gasteiger charge is -2.25. The molecule has 0 radical (unpaired) electrons. The van der Waals surface area contributed by atoms with Crippen molar-refractivity contribution in [2.45, 2.75) is 32.0 Å². The summed E-state index contributed by atoms with van der Waals surface area (Å²) in [6.07, 6.45) is 6.39. The first-order chi connectivity index (χ1) is 21.6. The van der Waals surface area contributed by atoms with Crippen LogP contribution in [0.25, 0.3) is 27.8 Å². The number of pyridine rings is 1. The quantitative estimate of drug-likeness (QED) is 0.183. The van der Waals surface area contributed by atoms with Crippen LogP contribution >= 0.6 is 0 Å². The van der Waals surface area contributed by atoms with Crippen LogP contribution in [-0.4, -0.2) is 44.1 Å². The molecule has 3 heterocycles. The normalized spacial score (nSPS) is 12.8. The minimum atomic E-state index is -0.535. The lowest BCUT2D eigenvalue weighted by atomic mass is 10.1. The van der Waals surface area contributed by atoms with Gasteiger partial charge in [-0.05, 0) is 30.0 Å². The largest absolute Gasteiger partial charge is 0.490 e. The van der Waals surface area contributed by atoms with Crippen molar-refractivity contribution in [2.75, 3.05) is 12.0 Å². The van der Waals surface area contributed by atoms with E-state index in [0.29, 0.717) is 46.9 Å². The van der Waals surface area contributed by atoms with Gasteiger partial charge in [-0.1, -0.05) is 60.7 Å². The van der Waals surface area contributed by atoms with E-state index >= 15 is 4.39 Å². The van der Waals surface area contributed by atoms with Gasteiger partial charge in [-0.2, -0.15) is 15.0 Å². The lowest BCUT2D eigenvalue weighted by molar-refractivity contribution is 0.0602. The number of H-pyrrole nitrogens is 1. The Morgan fingerprint density at radius 2 is 1.64 bits per heavy atom. The second-order valence-corrected chi connectivity index (χ2v) is 10.7. The highest BCUT2D eigenvalue weighted by atomic mass is 19.1. The fourth-order valence-corrected chi connectivity index (χ4v) is 5.32. The van der Waals surface area contributed by atoms with E-state index in [1.807, 2.05) is 36.4 Å². The Hall–Kier alpha value is -5.51. The second kappa shape index (κ2) is 11.6. The number of fused-ring (bicyclic) bond motifs is 1. The van der Waals surface area contributed by atoms with Crippen molar-refractivity contribution in [3.8, 4) is 22.7 Å². The molecule has 6 aromatic rings. The lowest BCUT2D eigenvalue weighted by Crippen LogP contribution is -2.24. The second-order valence-electron chi connectivity index (χ2n) is 10.7. The van der Waals surface area contributed by atoms with Gasteiger partial charge < -0.3 is 19.4 Å². The van der Waals surface area contributed by atoms with Crippen LogP contribution in [0.4, 0.5) is 10.2 Å². The number of ether oxygens (including phenoxy) is 2. The zero-order valence-corrected chi connectivity index (χ0v) is 24.0. The number of esters is 1. The summed E-state index contributed by atoms with van der Waals surface area (Å²) < 4.78 is 27.4. The molecule has 3 aromatic carbocycles. The van der Waals surface area contributed by atoms with Crippen LogP contribution < -0.4 is 9.64 Å². The minimum absolute atomic E-state index is 0.00783. The van der Waals surface area contributed by atoms with E-state index < -0.39 is 11.8 Å². The van der Waals surface area contributed by atoms with Crippen LogP contribution in [-0.2, 0) is 17.8 Å². The number of hydrogen-bond donors (Lipinski definition) is 1. The molecule has 220 valence electrons. The van der Waals surface area contributed by atoms with Gasteiger partial charge in [-0.15, -0.1) is 0 Å². The van der Waals surface area contributed by atoms with Crippen LogP contribution in [0.3, 0.4) is 0 Å². The van der Waals surface area contributed by atoms with Crippen molar-refractivity contribution >= 4 is 22.7 Å². The summed E-state index contributed by atoms with van der Waals surface area (Å²) in [5.74, 6) is -0.0613. The maximum absolute atomic E-state index is 16.1. The predicted molar refractivity (Wildman–Crippen MR) is 164 cm³/mol. The fraction of sp³-hybridized carbons (Fsp3) is 0.176. The van der Waals surface area contributed by atoms with Crippen LogP contribution in [0.5, 0.6) is 5.75 Å². The molecule has 1 saturated carbocycles. The number of rotatable bonds is 10. The Morgan fingerprint density at radius 1 is 0.977 bits per heavy atom. The maximum Gasteiger partial charge on any atom is 0.340 e. The molecule has 10 heteroatoms. The zero-order valence-electron chi connectivity index (χ0n) is 24.0. The number of aromatic amines is 1. The van der Waals surface area contributed by atoms with Gasteiger partial charge in [-0.25, -0.2) is 14.2 Å². The number of aromatic nitrogens is 5. The highest BCUT2D eigenvalue weighted by Gasteiger charge is 2.28. The van der Waals surface area contributed by atoms with Crippen molar-refractivity contribution in [2.24, 2.45) is 0 Å². The predicted octanol–water partition coefficient (Wildman–Crippen LogP) is 6.48. The summed E-state index contributed by atoms with van der Waals surface area (Å²) in [6, 6.07) is 25.1. The number of benzene rings is 3. The molecule has 0 atom stereocenters. The standard InChI is InChI=1S/C34H29FN6O3/c1-43-34(42)27-19-36-33(40(20-22-8-4-2-5-9-22)21-23-10-6-3-7-11-23)32-26(27)18-29(39-32)31-28(35)16-24(41-37-14-15-38-41)17-30(31)44-25-12-13-25/h2-11,14-19,25,39H,12-13,20-21H2,1H3. The van der Waals surface area contributed by atoms with Gasteiger partial charge in [0.15, 0.2) is 5.82 Å². The third kappa shape index (κ3) is 5.49. The smallest absolute Gasteiger partial charge is 0.340 e. The summed E-state index contributed by atoms with van der Waals surface area (Å²) >= 11 is 0. The summed E-state index contributed by atoms with van der Waals surface area (Å²) in [4.78, 5) is 24.6. The number of anilines is 1. The molecule has 1 fully saturated rings. The first kappa shape index (κ1) is 27.3. The van der Waals surface area contributed by atoms with Crippen LogP contribution in [0, 0.1) is 5.82 Å². The van der Waals surface area contributed by atoms with E-state index in [4.69, 9.17) is 14.5 Å². The zero-order chi connectivity index (χ0) is 30.0. The van der Waals surface area contributed by atoms with Crippen molar-refractivity contribution in [1.82, 2.24) is 25.0 Å². The van der Waals surface area contributed by atoms with Gasteiger partial charge in [0.1, 0.15) is 11.6 Å². The highest BCUT2D eigenvalue weighted by Crippen LogP contribution is 2.41. The molecule has 0 saturated heterocycles. The summed E-state index contributed by atoms with van der Waals surface area (Å²) in [6.45, 7) is 1.11. The SMILES string of the molecule is COC(=O)c1cnc(N(Cc2ccccc2)Cc2ccccc2)c2[nH]c(-c3c(F)cc(-n4nccn4)cc3OC3CC3)cc12. The molecular formula is C34H29FN6O3. The van der Waals surface area contributed by atoms with E-state index in [0.717, 1.165) is 24.0 Å². The molecule has 7 rings (SSSR count). The molecule has 0 amide bonds. The number of carbonyl (C=O) groups is 1. The Labute approximate surface area is 252 Å². The molecule has 0 bridgehead atoms. The van der Waals surface area contributed by atoms with Crippen molar-refractivity contribution < 1.29 is 18.7 Å². The molecule has 1 aliphatic carbocycles. The summed E-state index contributed by atoms with van der Waals surface area (Å²) in [7, 11) is 1.33. The van der Waals surface area contributed by atoms with Gasteiger partial charge in [0.2, 0.25) is 0 Å². The Balaban J connectivity index is 1.40. The fourth-order valence-electron chi connectivity index (χ4n) is 5.32. The van der Waals surface area contributed by atoms with Crippen molar-refractivity contribution in [3.63, 3.8) is 0 Å². The van der Waals surface area contributed by atoms with Gasteiger partial charge in [0.25, 0.3) is 0 Å². The third-order valence-electron chi connectivity index (χ3n) is 7.56. The van der Waals surface area contributed by atoms with Crippen molar-refractivity contribution in [1.29, 1.82) is 0 Å². The molecule has 3 aromatic heterocycles. The average molecular weight is 589 g/mol. The van der Waals surface area contributed by atoms with E-state index in [-0.39, 0.29) is 17.2 Å². The summed E-state index contributed by atoms with van der Waals surface area (Å²) in [5, 5.41) is 8.87. The number of nitrogens with one attached hydrogen (secondary N) is 1. The molecule has 1 N–H and O–H groups in total. The number of nitrogens with zero attached hydrogens (tertiary/aromatic N) is 5. The minimum Gasteiger partial charge on any atom is -0.490 e. The van der Waals surface area contributed by atoms with Gasteiger partial charge in [0, 0.05) is 36.8 Å². The molecular weight excluding hydrogens is 559 g/mol. The first-order valence-electron chi connectivity index (χ1n) is 14.4. The monoisotopic (exact) mass is 588 g/mol.